The maximum absolute atomic E-state index is 11.5. The number of hydrogen-bond donors (Lipinski definition) is 2. The van der Waals surface area contributed by atoms with Crippen LogP contribution < -0.4 is 10.6 Å². The van der Waals surface area contributed by atoms with Crippen LogP contribution in [-0.2, 0) is 14.3 Å². The molecule has 1 aromatic rings. The topological polar surface area (TPSA) is 97.6 Å². The van der Waals surface area contributed by atoms with Gasteiger partial charge in [-0.1, -0.05) is 0 Å². The van der Waals surface area contributed by atoms with Gasteiger partial charge in [-0.25, -0.2) is 0 Å². The number of rotatable bonds is 8. The van der Waals surface area contributed by atoms with Crippen molar-refractivity contribution in [2.75, 3.05) is 19.7 Å². The third kappa shape index (κ3) is 6.03. The van der Waals surface area contributed by atoms with Crippen molar-refractivity contribution in [1.82, 2.24) is 10.6 Å². The van der Waals surface area contributed by atoms with E-state index < -0.39 is 0 Å². The molecule has 0 unspecified atom stereocenters. The molecule has 7 nitrogen and oxygen atoms in total. The zero-order valence-electron chi connectivity index (χ0n) is 11.3. The maximum atomic E-state index is 11.5. The number of furan rings is 1. The van der Waals surface area contributed by atoms with Gasteiger partial charge in [0.05, 0.1) is 19.3 Å². The zero-order chi connectivity index (χ0) is 14.8. The Labute approximate surface area is 116 Å². The lowest BCUT2D eigenvalue weighted by Crippen LogP contribution is -2.31. The SMILES string of the molecule is CCOC(=O)CCNC(=O)CCNC(=O)c1ccco1. The predicted molar refractivity (Wildman–Crippen MR) is 69.9 cm³/mol. The van der Waals surface area contributed by atoms with Crippen molar-refractivity contribution in [3.05, 3.63) is 24.2 Å². The van der Waals surface area contributed by atoms with Gasteiger partial charge in [-0.05, 0) is 19.1 Å². The minimum atomic E-state index is -0.366. The third-order valence-corrected chi connectivity index (χ3v) is 2.34. The molecule has 1 heterocycles. The van der Waals surface area contributed by atoms with Gasteiger partial charge >= 0.3 is 5.97 Å². The summed E-state index contributed by atoms with van der Waals surface area (Å²) in [4.78, 5) is 33.9. The summed E-state index contributed by atoms with van der Waals surface area (Å²) in [5.41, 5.74) is 0. The number of ether oxygens (including phenoxy) is 1. The molecule has 7 heteroatoms. The van der Waals surface area contributed by atoms with E-state index >= 15 is 0 Å². The van der Waals surface area contributed by atoms with Crippen LogP contribution in [0.2, 0.25) is 0 Å². The molecule has 0 aliphatic heterocycles. The number of carbonyl (C=O) groups is 3. The molecule has 0 saturated carbocycles. The van der Waals surface area contributed by atoms with Crippen LogP contribution in [0.1, 0.15) is 30.3 Å². The lowest BCUT2D eigenvalue weighted by molar-refractivity contribution is -0.143. The Morgan fingerprint density at radius 2 is 1.95 bits per heavy atom. The van der Waals surface area contributed by atoms with E-state index in [-0.39, 0.29) is 49.5 Å². The van der Waals surface area contributed by atoms with Gasteiger partial charge in [-0.2, -0.15) is 0 Å². The third-order valence-electron chi connectivity index (χ3n) is 2.34. The van der Waals surface area contributed by atoms with Gasteiger partial charge in [0.25, 0.3) is 5.91 Å². The Bertz CT molecular complexity index is 442. The molecule has 0 atom stereocenters. The second-order valence-electron chi connectivity index (χ2n) is 3.89. The number of hydrogen-bond acceptors (Lipinski definition) is 5. The molecule has 0 saturated heterocycles. The van der Waals surface area contributed by atoms with Gasteiger partial charge in [0.1, 0.15) is 0 Å². The molecule has 1 aromatic heterocycles. The van der Waals surface area contributed by atoms with Crippen molar-refractivity contribution in [2.24, 2.45) is 0 Å². The van der Waals surface area contributed by atoms with Crippen LogP contribution in [-0.4, -0.2) is 37.5 Å². The van der Waals surface area contributed by atoms with E-state index in [0.29, 0.717) is 6.61 Å². The molecule has 0 aliphatic rings. The minimum absolute atomic E-state index is 0.134. The van der Waals surface area contributed by atoms with Gasteiger partial charge < -0.3 is 19.8 Å². The molecule has 0 spiro atoms. The van der Waals surface area contributed by atoms with Crippen molar-refractivity contribution >= 4 is 17.8 Å². The Morgan fingerprint density at radius 3 is 2.60 bits per heavy atom. The Balaban J connectivity index is 2.08. The highest BCUT2D eigenvalue weighted by molar-refractivity contribution is 5.91. The van der Waals surface area contributed by atoms with Crippen LogP contribution in [0.3, 0.4) is 0 Å². The first-order valence-electron chi connectivity index (χ1n) is 6.37. The second kappa shape index (κ2) is 8.73. The van der Waals surface area contributed by atoms with Gasteiger partial charge in [0.15, 0.2) is 5.76 Å². The summed E-state index contributed by atoms with van der Waals surface area (Å²) in [6.07, 6.45) is 1.67. The fourth-order valence-corrected chi connectivity index (χ4v) is 1.41. The lowest BCUT2D eigenvalue weighted by atomic mass is 10.3. The zero-order valence-corrected chi connectivity index (χ0v) is 11.3. The van der Waals surface area contributed by atoms with E-state index in [9.17, 15) is 14.4 Å². The van der Waals surface area contributed by atoms with Crippen LogP contribution >= 0.6 is 0 Å². The van der Waals surface area contributed by atoms with Gasteiger partial charge in [-0.15, -0.1) is 0 Å². The molecule has 1 rings (SSSR count). The van der Waals surface area contributed by atoms with Crippen molar-refractivity contribution in [1.29, 1.82) is 0 Å². The molecule has 0 bridgehead atoms. The van der Waals surface area contributed by atoms with Crippen molar-refractivity contribution in [2.45, 2.75) is 19.8 Å². The summed E-state index contributed by atoms with van der Waals surface area (Å²) >= 11 is 0. The van der Waals surface area contributed by atoms with Crippen LogP contribution in [0.5, 0.6) is 0 Å². The summed E-state index contributed by atoms with van der Waals surface area (Å²) in [5, 5.41) is 5.12. The number of carbonyl (C=O) groups excluding carboxylic acids is 3. The average molecular weight is 282 g/mol. The Hall–Kier alpha value is -2.31. The fraction of sp³-hybridized carbons (Fsp3) is 0.462. The van der Waals surface area contributed by atoms with Crippen molar-refractivity contribution in [3.63, 3.8) is 0 Å². The van der Waals surface area contributed by atoms with E-state index in [1.807, 2.05) is 0 Å². The first-order valence-corrected chi connectivity index (χ1v) is 6.37. The summed E-state index contributed by atoms with van der Waals surface area (Å²) < 4.78 is 9.62. The van der Waals surface area contributed by atoms with Crippen LogP contribution in [0.25, 0.3) is 0 Å². The summed E-state index contributed by atoms with van der Waals surface area (Å²) in [6, 6.07) is 3.14. The van der Waals surface area contributed by atoms with E-state index in [1.54, 1.807) is 13.0 Å². The Morgan fingerprint density at radius 1 is 1.20 bits per heavy atom. The molecule has 2 amide bonds. The van der Waals surface area contributed by atoms with Crippen LogP contribution in [0, 0.1) is 0 Å². The van der Waals surface area contributed by atoms with E-state index in [2.05, 4.69) is 10.6 Å². The lowest BCUT2D eigenvalue weighted by Gasteiger charge is -2.05. The van der Waals surface area contributed by atoms with Crippen LogP contribution in [0.15, 0.2) is 22.8 Å². The molecule has 110 valence electrons. The first kappa shape index (κ1) is 15.7. The monoisotopic (exact) mass is 282 g/mol. The Kier molecular flexibility index (Phi) is 6.88. The number of amides is 2. The summed E-state index contributed by atoms with van der Waals surface area (Å²) in [6.45, 7) is 2.47. The first-order chi connectivity index (χ1) is 9.63. The van der Waals surface area contributed by atoms with E-state index in [1.165, 1.54) is 12.3 Å². The quantitative estimate of drug-likeness (QED) is 0.675. The molecule has 0 aliphatic carbocycles. The van der Waals surface area contributed by atoms with Crippen molar-refractivity contribution < 1.29 is 23.5 Å². The van der Waals surface area contributed by atoms with E-state index in [0.717, 1.165) is 0 Å². The summed E-state index contributed by atoms with van der Waals surface area (Å²) in [5.74, 6) is -0.755. The van der Waals surface area contributed by atoms with Gasteiger partial charge in [-0.3, -0.25) is 14.4 Å². The molecular weight excluding hydrogens is 264 g/mol. The molecular formula is C13H18N2O5. The molecule has 0 aromatic carbocycles. The van der Waals surface area contributed by atoms with Crippen LogP contribution in [0.4, 0.5) is 0 Å². The van der Waals surface area contributed by atoms with E-state index in [4.69, 9.17) is 9.15 Å². The molecule has 0 radical (unpaired) electrons. The normalized spacial score (nSPS) is 9.85. The van der Waals surface area contributed by atoms with Gasteiger partial charge in [0, 0.05) is 19.5 Å². The second-order valence-corrected chi connectivity index (χ2v) is 3.89. The van der Waals surface area contributed by atoms with Crippen molar-refractivity contribution in [3.8, 4) is 0 Å². The maximum Gasteiger partial charge on any atom is 0.307 e. The smallest absolute Gasteiger partial charge is 0.307 e. The largest absolute Gasteiger partial charge is 0.466 e. The minimum Gasteiger partial charge on any atom is -0.466 e. The fourth-order valence-electron chi connectivity index (χ4n) is 1.41. The average Bonchev–Trinajstić information content (AvgIpc) is 2.93. The molecule has 0 fully saturated rings. The standard InChI is InChI=1S/C13H18N2O5/c1-2-19-12(17)6-8-14-11(16)5-7-15-13(18)10-4-3-9-20-10/h3-4,9H,2,5-8H2,1H3,(H,14,16)(H,15,18). The predicted octanol–water partition coefficient (Wildman–Crippen LogP) is 0.469. The highest BCUT2D eigenvalue weighted by Gasteiger charge is 2.09. The summed E-state index contributed by atoms with van der Waals surface area (Å²) in [7, 11) is 0. The molecule has 2 N–H and O–H groups in total. The van der Waals surface area contributed by atoms with Gasteiger partial charge in [0.2, 0.25) is 5.91 Å². The highest BCUT2D eigenvalue weighted by atomic mass is 16.5. The number of esters is 1. The number of nitrogens with one attached hydrogen (secondary N) is 2. The molecule has 20 heavy (non-hydrogen) atoms. The highest BCUT2D eigenvalue weighted by Crippen LogP contribution is 1.98.